The molecule has 1 N–H and O–H groups in total. The number of nitrogens with one attached hydrogen (secondary N) is 1. The molecule has 0 saturated carbocycles. The summed E-state index contributed by atoms with van der Waals surface area (Å²) in [6.07, 6.45) is 5.97. The second-order valence-corrected chi connectivity index (χ2v) is 9.25. The highest BCUT2D eigenvalue weighted by molar-refractivity contribution is 7.89. The van der Waals surface area contributed by atoms with Crippen molar-refractivity contribution in [3.05, 3.63) is 66.1 Å². The summed E-state index contributed by atoms with van der Waals surface area (Å²) in [5.74, 6) is -0.203. The van der Waals surface area contributed by atoms with Crippen LogP contribution in [0.2, 0.25) is 0 Å². The molecule has 2 saturated heterocycles. The van der Waals surface area contributed by atoms with Gasteiger partial charge in [0.2, 0.25) is 10.0 Å². The molecule has 9 heteroatoms. The van der Waals surface area contributed by atoms with Crippen molar-refractivity contribution < 1.29 is 17.9 Å². The molecule has 2 bridgehead atoms. The van der Waals surface area contributed by atoms with Gasteiger partial charge in [0.25, 0.3) is 5.91 Å². The normalized spacial score (nSPS) is 21.7. The zero-order valence-corrected chi connectivity index (χ0v) is 16.4. The molecule has 1 aromatic carbocycles. The first kappa shape index (κ1) is 18.3. The van der Waals surface area contributed by atoms with E-state index in [4.69, 9.17) is 4.74 Å². The highest BCUT2D eigenvalue weighted by Crippen LogP contribution is 2.32. The topological polar surface area (TPSA) is 93.0 Å². The Morgan fingerprint density at radius 2 is 2.03 bits per heavy atom. The van der Waals surface area contributed by atoms with Gasteiger partial charge in [-0.05, 0) is 36.2 Å². The van der Waals surface area contributed by atoms with Crippen molar-refractivity contribution in [2.75, 3.05) is 13.2 Å². The molecule has 2 aliphatic rings. The zero-order valence-electron chi connectivity index (χ0n) is 15.6. The van der Waals surface area contributed by atoms with Gasteiger partial charge in [0.15, 0.2) is 0 Å². The maximum atomic E-state index is 12.9. The first-order valence-electron chi connectivity index (χ1n) is 9.44. The number of amides is 1. The molecule has 2 fully saturated rings. The van der Waals surface area contributed by atoms with Gasteiger partial charge < -0.3 is 14.5 Å². The van der Waals surface area contributed by atoms with E-state index in [0.717, 1.165) is 17.6 Å². The molecule has 2 aromatic heterocycles. The largest absolute Gasteiger partial charge is 0.375 e. The third-order valence-electron chi connectivity index (χ3n) is 5.48. The van der Waals surface area contributed by atoms with Gasteiger partial charge in [-0.25, -0.2) is 13.4 Å². The van der Waals surface area contributed by atoms with Crippen LogP contribution in [0.1, 0.15) is 22.3 Å². The van der Waals surface area contributed by atoms with Crippen molar-refractivity contribution in [3.8, 4) is 0 Å². The van der Waals surface area contributed by atoms with Gasteiger partial charge in [-0.3, -0.25) is 4.79 Å². The molecule has 0 radical (unpaired) electrons. The predicted octanol–water partition coefficient (Wildman–Crippen LogP) is 1.43. The minimum absolute atomic E-state index is 0.0193. The first-order valence-corrected chi connectivity index (χ1v) is 10.9. The quantitative estimate of drug-likeness (QED) is 0.684. The Bertz CT molecular complexity index is 1170. The smallest absolute Gasteiger partial charge is 0.253 e. The summed E-state index contributed by atoms with van der Waals surface area (Å²) in [7, 11) is -3.52. The Morgan fingerprint density at radius 3 is 2.76 bits per heavy atom. The number of morpholine rings is 1. The number of carbonyl (C=O) groups is 1. The van der Waals surface area contributed by atoms with E-state index in [0.29, 0.717) is 25.3 Å². The van der Waals surface area contributed by atoms with Crippen molar-refractivity contribution in [1.82, 2.24) is 19.0 Å². The van der Waals surface area contributed by atoms with E-state index >= 15 is 0 Å². The number of aromatic nitrogens is 2. The van der Waals surface area contributed by atoms with Crippen LogP contribution in [0.15, 0.2) is 59.9 Å². The zero-order chi connectivity index (χ0) is 20.0. The highest BCUT2D eigenvalue weighted by Gasteiger charge is 2.45. The molecule has 4 heterocycles. The van der Waals surface area contributed by atoms with E-state index in [2.05, 4.69) is 10.3 Å². The molecule has 1 amide bonds. The fourth-order valence-corrected chi connectivity index (χ4v) is 5.56. The predicted molar refractivity (Wildman–Crippen MR) is 105 cm³/mol. The van der Waals surface area contributed by atoms with Gasteiger partial charge in [0.1, 0.15) is 5.65 Å². The van der Waals surface area contributed by atoms with E-state index in [-0.39, 0.29) is 22.9 Å². The lowest BCUT2D eigenvalue weighted by atomic mass is 10.2. The minimum Gasteiger partial charge on any atom is -0.375 e. The Hall–Kier alpha value is -2.75. The number of benzene rings is 1. The molecule has 2 atom stereocenters. The molecule has 8 nitrogen and oxygen atoms in total. The molecule has 0 spiro atoms. The summed E-state index contributed by atoms with van der Waals surface area (Å²) in [4.78, 5) is 16.8. The number of pyridine rings is 1. The van der Waals surface area contributed by atoms with E-state index < -0.39 is 10.0 Å². The number of ether oxygens (including phenoxy) is 1. The average Bonchev–Trinajstić information content (AvgIpc) is 3.48. The summed E-state index contributed by atoms with van der Waals surface area (Å²) in [6, 6.07) is 10.1. The number of sulfonamides is 1. The van der Waals surface area contributed by atoms with E-state index in [1.165, 1.54) is 0 Å². The number of carbonyl (C=O) groups excluding carboxylic acids is 1. The third-order valence-corrected chi connectivity index (χ3v) is 7.42. The lowest BCUT2D eigenvalue weighted by Gasteiger charge is -2.26. The molecule has 29 heavy (non-hydrogen) atoms. The number of hydrogen-bond acceptors (Lipinski definition) is 5. The van der Waals surface area contributed by atoms with Crippen LogP contribution >= 0.6 is 0 Å². The molecule has 2 aliphatic heterocycles. The molecular weight excluding hydrogens is 392 g/mol. The standard InChI is InChI=1S/C20H20N4O4S/c25-20(15-3-6-19-21-7-8-23(19)11-15)22-10-14-1-4-18(5-2-14)29(26,27)24-12-17-9-16(24)13-28-17/h1-8,11,16-17H,9-10,12-13H2,(H,22,25)/t16-,17-/m0/s1. The van der Waals surface area contributed by atoms with Crippen molar-refractivity contribution in [3.63, 3.8) is 0 Å². The van der Waals surface area contributed by atoms with Crippen molar-refractivity contribution >= 4 is 21.6 Å². The Labute approximate surface area is 168 Å². The van der Waals surface area contributed by atoms with Crippen molar-refractivity contribution in [2.24, 2.45) is 0 Å². The van der Waals surface area contributed by atoms with Crippen LogP contribution in [0.25, 0.3) is 5.65 Å². The fourth-order valence-electron chi connectivity index (χ4n) is 3.91. The Morgan fingerprint density at radius 1 is 1.21 bits per heavy atom. The second kappa shape index (κ2) is 6.94. The minimum atomic E-state index is -3.52. The summed E-state index contributed by atoms with van der Waals surface area (Å²) in [5, 5.41) is 2.86. The summed E-state index contributed by atoms with van der Waals surface area (Å²) in [6.45, 7) is 1.20. The number of fused-ring (bicyclic) bond motifs is 3. The number of imidazole rings is 1. The van der Waals surface area contributed by atoms with Crippen LogP contribution in [-0.2, 0) is 21.3 Å². The molecular formula is C20H20N4O4S. The number of nitrogens with zero attached hydrogens (tertiary/aromatic N) is 3. The van der Waals surface area contributed by atoms with E-state index in [1.54, 1.807) is 63.7 Å². The van der Waals surface area contributed by atoms with Crippen LogP contribution in [0, 0.1) is 0 Å². The lowest BCUT2D eigenvalue weighted by Crippen LogP contribution is -2.41. The van der Waals surface area contributed by atoms with Crippen molar-refractivity contribution in [2.45, 2.75) is 30.0 Å². The number of hydrogen-bond donors (Lipinski definition) is 1. The summed E-state index contributed by atoms with van der Waals surface area (Å²) >= 11 is 0. The van der Waals surface area contributed by atoms with E-state index in [1.807, 2.05) is 0 Å². The van der Waals surface area contributed by atoms with E-state index in [9.17, 15) is 13.2 Å². The number of rotatable bonds is 5. The SMILES string of the molecule is O=C(NCc1ccc(S(=O)(=O)N2C[C@@H]3C[C@H]2CO3)cc1)c1ccc2nccn2c1. The second-order valence-electron chi connectivity index (χ2n) is 7.36. The van der Waals surface area contributed by atoms with Gasteiger partial charge >= 0.3 is 0 Å². The molecule has 5 rings (SSSR count). The van der Waals surface area contributed by atoms with Gasteiger partial charge in [-0.15, -0.1) is 0 Å². The fraction of sp³-hybridized carbons (Fsp3) is 0.300. The lowest BCUT2D eigenvalue weighted by molar-refractivity contribution is 0.0608. The summed E-state index contributed by atoms with van der Waals surface area (Å²) in [5.41, 5.74) is 2.13. The molecule has 150 valence electrons. The first-order chi connectivity index (χ1) is 14.0. The summed E-state index contributed by atoms with van der Waals surface area (Å²) < 4.78 is 34.5. The van der Waals surface area contributed by atoms with Gasteiger partial charge in [-0.2, -0.15) is 4.31 Å². The van der Waals surface area contributed by atoms with Crippen LogP contribution in [-0.4, -0.2) is 53.3 Å². The van der Waals surface area contributed by atoms with Crippen molar-refractivity contribution in [1.29, 1.82) is 0 Å². The van der Waals surface area contributed by atoms with Gasteiger partial charge in [0.05, 0.1) is 29.2 Å². The maximum absolute atomic E-state index is 12.9. The Balaban J connectivity index is 1.25. The monoisotopic (exact) mass is 412 g/mol. The third kappa shape index (κ3) is 3.31. The maximum Gasteiger partial charge on any atom is 0.253 e. The molecule has 0 unspecified atom stereocenters. The molecule has 0 aliphatic carbocycles. The Kier molecular flexibility index (Phi) is 4.38. The highest BCUT2D eigenvalue weighted by atomic mass is 32.2. The van der Waals surface area contributed by atoms with Crippen LogP contribution in [0.3, 0.4) is 0 Å². The van der Waals surface area contributed by atoms with Crippen LogP contribution < -0.4 is 5.32 Å². The van der Waals surface area contributed by atoms with Gasteiger partial charge in [-0.1, -0.05) is 12.1 Å². The van der Waals surface area contributed by atoms with Crippen LogP contribution in [0.5, 0.6) is 0 Å². The average molecular weight is 412 g/mol. The van der Waals surface area contributed by atoms with Gasteiger partial charge in [0, 0.05) is 31.7 Å². The van der Waals surface area contributed by atoms with Crippen LogP contribution in [0.4, 0.5) is 0 Å². The molecule has 3 aromatic rings.